The van der Waals surface area contributed by atoms with Crippen LogP contribution >= 0.6 is 0 Å². The number of hydrogen-bond acceptors (Lipinski definition) is 5. The molecule has 2 amide bonds. The van der Waals surface area contributed by atoms with E-state index in [1.165, 1.54) is 5.56 Å². The van der Waals surface area contributed by atoms with E-state index < -0.39 is 5.54 Å². The molecule has 2 aliphatic rings. The van der Waals surface area contributed by atoms with E-state index in [2.05, 4.69) is 27.6 Å². The van der Waals surface area contributed by atoms with E-state index in [0.29, 0.717) is 44.1 Å². The fourth-order valence-corrected chi connectivity index (χ4v) is 5.01. The molecule has 1 aromatic heterocycles. The van der Waals surface area contributed by atoms with Crippen molar-refractivity contribution in [3.05, 3.63) is 47.6 Å². The summed E-state index contributed by atoms with van der Waals surface area (Å²) in [4.78, 5) is 32.3. The van der Waals surface area contributed by atoms with Crippen molar-refractivity contribution >= 4 is 11.8 Å². The number of rotatable bonds is 6. The summed E-state index contributed by atoms with van der Waals surface area (Å²) in [6.45, 7) is 3.06. The third-order valence-electron chi connectivity index (χ3n) is 6.96. The average Bonchev–Trinajstić information content (AvgIpc) is 3.13. The predicted octanol–water partition coefficient (Wildman–Crippen LogP) is 3.92. The molecule has 1 N–H and O–H groups in total. The normalized spacial score (nSPS) is 19.3. The predicted molar refractivity (Wildman–Crippen MR) is 121 cm³/mol. The van der Waals surface area contributed by atoms with Gasteiger partial charge in [-0.05, 0) is 37.7 Å². The van der Waals surface area contributed by atoms with Gasteiger partial charge in [0.2, 0.25) is 17.7 Å². The topological polar surface area (TPSA) is 88.3 Å². The number of nitrogens with zero attached hydrogens (tertiary/aromatic N) is 3. The summed E-state index contributed by atoms with van der Waals surface area (Å²) in [6, 6.07) is 10.1. The summed E-state index contributed by atoms with van der Waals surface area (Å²) in [6.07, 6.45) is 8.77. The summed E-state index contributed by atoms with van der Waals surface area (Å²) in [5.74, 6) is 1.29. The smallest absolute Gasteiger partial charge is 0.224 e. The van der Waals surface area contributed by atoms with Gasteiger partial charge in [0.25, 0.3) is 0 Å². The standard InChI is InChI=1S/C25H34N4O3/c1-19-26-24(28-32-19)25(15-7-2-3-8-16-25)27-23(31)21-13-17-29(18-14-21)22(30)12-11-20-9-5-4-6-10-20/h4-6,9-10,21H,2-3,7-8,11-18H2,1H3,(H,27,31). The van der Waals surface area contributed by atoms with Gasteiger partial charge in [-0.3, -0.25) is 9.59 Å². The summed E-state index contributed by atoms with van der Waals surface area (Å²) in [5.41, 5.74) is 0.647. The lowest BCUT2D eigenvalue weighted by atomic mass is 9.87. The van der Waals surface area contributed by atoms with Crippen LogP contribution in [0.25, 0.3) is 0 Å². The van der Waals surface area contributed by atoms with Gasteiger partial charge in [0, 0.05) is 32.4 Å². The lowest BCUT2D eigenvalue weighted by molar-refractivity contribution is -0.136. The maximum Gasteiger partial charge on any atom is 0.224 e. The SMILES string of the molecule is Cc1nc(C2(NC(=O)C3CCN(C(=O)CCc4ccccc4)CC3)CCCCCC2)no1. The van der Waals surface area contributed by atoms with Crippen molar-refractivity contribution in [1.29, 1.82) is 0 Å². The second kappa shape index (κ2) is 10.3. The Hall–Kier alpha value is -2.70. The first kappa shape index (κ1) is 22.5. The quantitative estimate of drug-likeness (QED) is 0.691. The lowest BCUT2D eigenvalue weighted by Gasteiger charge is -2.35. The number of aromatic nitrogens is 2. The highest BCUT2D eigenvalue weighted by Crippen LogP contribution is 2.35. The summed E-state index contributed by atoms with van der Waals surface area (Å²) in [7, 11) is 0. The Bertz CT molecular complexity index is 895. The van der Waals surface area contributed by atoms with Gasteiger partial charge in [0.15, 0.2) is 5.82 Å². The second-order valence-corrected chi connectivity index (χ2v) is 9.26. The van der Waals surface area contributed by atoms with Gasteiger partial charge in [-0.25, -0.2) is 0 Å². The molecule has 2 aromatic rings. The van der Waals surface area contributed by atoms with Gasteiger partial charge in [-0.15, -0.1) is 0 Å². The zero-order valence-electron chi connectivity index (χ0n) is 19.0. The van der Waals surface area contributed by atoms with Crippen LogP contribution in [0.5, 0.6) is 0 Å². The highest BCUT2D eigenvalue weighted by Gasteiger charge is 2.40. The molecule has 0 atom stereocenters. The number of carbonyl (C=O) groups is 2. The summed E-state index contributed by atoms with van der Waals surface area (Å²) >= 11 is 0. The van der Waals surface area contributed by atoms with Gasteiger partial charge in [-0.2, -0.15) is 4.98 Å². The molecule has 0 spiro atoms. The molecule has 1 aromatic carbocycles. The summed E-state index contributed by atoms with van der Waals surface area (Å²) in [5, 5.41) is 7.51. The molecule has 7 nitrogen and oxygen atoms in total. The van der Waals surface area contributed by atoms with Crippen LogP contribution in [0.1, 0.15) is 75.1 Å². The van der Waals surface area contributed by atoms with E-state index in [1.807, 2.05) is 23.1 Å². The fraction of sp³-hybridized carbons (Fsp3) is 0.600. The number of piperidine rings is 1. The molecule has 1 saturated carbocycles. The first-order valence-corrected chi connectivity index (χ1v) is 12.0. The van der Waals surface area contributed by atoms with Crippen LogP contribution in [-0.2, 0) is 21.5 Å². The molecule has 2 heterocycles. The van der Waals surface area contributed by atoms with E-state index in [-0.39, 0.29) is 17.7 Å². The fourth-order valence-electron chi connectivity index (χ4n) is 5.01. The van der Waals surface area contributed by atoms with Gasteiger partial charge in [0.1, 0.15) is 5.54 Å². The molecule has 2 fully saturated rings. The first-order valence-electron chi connectivity index (χ1n) is 12.0. The largest absolute Gasteiger partial charge is 0.343 e. The highest BCUT2D eigenvalue weighted by atomic mass is 16.5. The van der Waals surface area contributed by atoms with Crippen LogP contribution in [0.2, 0.25) is 0 Å². The van der Waals surface area contributed by atoms with E-state index in [0.717, 1.165) is 44.9 Å². The zero-order valence-corrected chi connectivity index (χ0v) is 19.0. The van der Waals surface area contributed by atoms with Crippen LogP contribution in [-0.4, -0.2) is 39.9 Å². The molecule has 0 radical (unpaired) electrons. The Kier molecular flexibility index (Phi) is 7.22. The second-order valence-electron chi connectivity index (χ2n) is 9.26. The van der Waals surface area contributed by atoms with Crippen molar-refractivity contribution in [2.45, 2.75) is 76.7 Å². The minimum atomic E-state index is -0.534. The zero-order chi connectivity index (χ0) is 22.4. The van der Waals surface area contributed by atoms with E-state index in [9.17, 15) is 9.59 Å². The van der Waals surface area contributed by atoms with Gasteiger partial charge >= 0.3 is 0 Å². The molecule has 7 heteroatoms. The Labute approximate surface area is 189 Å². The minimum absolute atomic E-state index is 0.0609. The third kappa shape index (κ3) is 5.37. The van der Waals surface area contributed by atoms with Crippen LogP contribution in [0.4, 0.5) is 0 Å². The van der Waals surface area contributed by atoms with Gasteiger partial charge in [0.05, 0.1) is 0 Å². The number of likely N-dealkylation sites (tertiary alicyclic amines) is 1. The Morgan fingerprint density at radius 3 is 2.41 bits per heavy atom. The molecule has 4 rings (SSSR count). The summed E-state index contributed by atoms with van der Waals surface area (Å²) < 4.78 is 5.25. The number of benzene rings is 1. The van der Waals surface area contributed by atoms with E-state index in [1.54, 1.807) is 6.92 Å². The first-order chi connectivity index (χ1) is 15.6. The molecule has 1 saturated heterocycles. The molecule has 0 unspecified atom stereocenters. The van der Waals surface area contributed by atoms with Crippen molar-refractivity contribution in [1.82, 2.24) is 20.4 Å². The van der Waals surface area contributed by atoms with E-state index in [4.69, 9.17) is 4.52 Å². The Morgan fingerprint density at radius 1 is 1.09 bits per heavy atom. The van der Waals surface area contributed by atoms with Crippen molar-refractivity contribution in [2.75, 3.05) is 13.1 Å². The number of nitrogens with one attached hydrogen (secondary N) is 1. The van der Waals surface area contributed by atoms with Crippen molar-refractivity contribution in [2.24, 2.45) is 5.92 Å². The molecule has 0 bridgehead atoms. The monoisotopic (exact) mass is 438 g/mol. The molecular weight excluding hydrogens is 404 g/mol. The Morgan fingerprint density at radius 2 is 1.78 bits per heavy atom. The maximum atomic E-state index is 13.3. The number of amides is 2. The van der Waals surface area contributed by atoms with Crippen LogP contribution < -0.4 is 5.32 Å². The van der Waals surface area contributed by atoms with Crippen molar-refractivity contribution in [3.8, 4) is 0 Å². The maximum absolute atomic E-state index is 13.3. The number of aryl methyl sites for hydroxylation is 2. The lowest BCUT2D eigenvalue weighted by Crippen LogP contribution is -2.51. The average molecular weight is 439 g/mol. The Balaban J connectivity index is 1.32. The van der Waals surface area contributed by atoms with Crippen molar-refractivity contribution in [3.63, 3.8) is 0 Å². The van der Waals surface area contributed by atoms with Gasteiger partial charge < -0.3 is 14.7 Å². The third-order valence-corrected chi connectivity index (χ3v) is 6.96. The minimum Gasteiger partial charge on any atom is -0.343 e. The van der Waals surface area contributed by atoms with Crippen LogP contribution in [0.3, 0.4) is 0 Å². The molecule has 172 valence electrons. The number of carbonyl (C=O) groups excluding carboxylic acids is 2. The molecular formula is C25H34N4O3. The number of hydrogen-bond donors (Lipinski definition) is 1. The van der Waals surface area contributed by atoms with E-state index >= 15 is 0 Å². The molecule has 1 aliphatic heterocycles. The molecule has 32 heavy (non-hydrogen) atoms. The van der Waals surface area contributed by atoms with Crippen LogP contribution in [0, 0.1) is 12.8 Å². The highest BCUT2D eigenvalue weighted by molar-refractivity contribution is 5.81. The van der Waals surface area contributed by atoms with Crippen LogP contribution in [0.15, 0.2) is 34.9 Å². The molecule has 1 aliphatic carbocycles. The van der Waals surface area contributed by atoms with Crippen molar-refractivity contribution < 1.29 is 14.1 Å². The van der Waals surface area contributed by atoms with Gasteiger partial charge in [-0.1, -0.05) is 61.2 Å².